The van der Waals surface area contributed by atoms with Crippen molar-refractivity contribution in [3.05, 3.63) is 41.2 Å². The van der Waals surface area contributed by atoms with Crippen LogP contribution in [0.1, 0.15) is 24.0 Å². The number of unbranched alkanes of at least 4 members (excludes halogenated alkanes) is 1. The minimum Gasteiger partial charge on any atom is -0.330 e. The molecule has 0 bridgehead atoms. The zero-order valence-electron chi connectivity index (χ0n) is 8.46. The molecule has 0 unspecified atom stereocenters. The third-order valence-electron chi connectivity index (χ3n) is 2.07. The highest BCUT2D eigenvalue weighted by Gasteiger charge is 1.95. The number of hydrogen-bond donors (Lipinski definition) is 1. The van der Waals surface area contributed by atoms with E-state index in [1.54, 1.807) is 13.0 Å². The Kier molecular flexibility index (Phi) is 4.33. The standard InChI is InChI=1S/C12H16FN/c1-10-9-11(6-7-12(10)13)5-3-2-4-8-14/h3,5-7,9H,2,4,8,14H2,1H3/b5-3+. The Hall–Kier alpha value is -1.15. The van der Waals surface area contributed by atoms with Crippen molar-refractivity contribution >= 4 is 6.08 Å². The molecule has 1 rings (SSSR count). The van der Waals surface area contributed by atoms with E-state index in [0.29, 0.717) is 12.1 Å². The SMILES string of the molecule is Cc1cc(/C=C/CCCN)ccc1F. The molecule has 0 aliphatic heterocycles. The molecule has 0 amide bonds. The molecule has 0 fully saturated rings. The zero-order valence-corrected chi connectivity index (χ0v) is 8.46. The summed E-state index contributed by atoms with van der Waals surface area (Å²) in [5, 5.41) is 0. The van der Waals surface area contributed by atoms with Crippen molar-refractivity contribution in [2.24, 2.45) is 5.73 Å². The Balaban J connectivity index is 2.59. The summed E-state index contributed by atoms with van der Waals surface area (Å²) in [6, 6.07) is 5.12. The van der Waals surface area contributed by atoms with Crippen LogP contribution in [-0.2, 0) is 0 Å². The van der Waals surface area contributed by atoms with E-state index in [2.05, 4.69) is 6.08 Å². The van der Waals surface area contributed by atoms with Gasteiger partial charge in [0.2, 0.25) is 0 Å². The summed E-state index contributed by atoms with van der Waals surface area (Å²) in [4.78, 5) is 0. The van der Waals surface area contributed by atoms with Crippen molar-refractivity contribution in [2.45, 2.75) is 19.8 Å². The molecule has 0 atom stereocenters. The molecule has 0 radical (unpaired) electrons. The Morgan fingerprint density at radius 3 is 2.86 bits per heavy atom. The van der Waals surface area contributed by atoms with E-state index in [9.17, 15) is 4.39 Å². The molecule has 14 heavy (non-hydrogen) atoms. The van der Waals surface area contributed by atoms with Crippen LogP contribution in [0, 0.1) is 12.7 Å². The molecular formula is C12H16FN. The lowest BCUT2D eigenvalue weighted by Crippen LogP contribution is -1.96. The second kappa shape index (κ2) is 5.55. The maximum Gasteiger partial charge on any atom is 0.126 e. The van der Waals surface area contributed by atoms with Crippen molar-refractivity contribution in [3.8, 4) is 0 Å². The van der Waals surface area contributed by atoms with E-state index in [1.165, 1.54) is 6.07 Å². The Bertz CT molecular complexity index is 318. The van der Waals surface area contributed by atoms with Crippen LogP contribution in [0.5, 0.6) is 0 Å². The van der Waals surface area contributed by atoms with Crippen LogP contribution in [0.25, 0.3) is 6.08 Å². The Morgan fingerprint density at radius 2 is 2.21 bits per heavy atom. The predicted molar refractivity (Wildman–Crippen MR) is 58.5 cm³/mol. The maximum absolute atomic E-state index is 12.9. The topological polar surface area (TPSA) is 26.0 Å². The summed E-state index contributed by atoms with van der Waals surface area (Å²) in [6.45, 7) is 2.49. The Morgan fingerprint density at radius 1 is 1.43 bits per heavy atom. The molecule has 2 N–H and O–H groups in total. The van der Waals surface area contributed by atoms with Gasteiger partial charge in [-0.25, -0.2) is 4.39 Å². The van der Waals surface area contributed by atoms with Gasteiger partial charge in [0.05, 0.1) is 0 Å². The van der Waals surface area contributed by atoms with Crippen LogP contribution in [0.2, 0.25) is 0 Å². The summed E-state index contributed by atoms with van der Waals surface area (Å²) in [5.41, 5.74) is 7.10. The van der Waals surface area contributed by atoms with Gasteiger partial charge >= 0.3 is 0 Å². The number of halogens is 1. The molecule has 0 spiro atoms. The van der Waals surface area contributed by atoms with Gasteiger partial charge < -0.3 is 5.73 Å². The average Bonchev–Trinajstić information content (AvgIpc) is 2.18. The van der Waals surface area contributed by atoms with E-state index in [-0.39, 0.29) is 5.82 Å². The smallest absolute Gasteiger partial charge is 0.126 e. The van der Waals surface area contributed by atoms with Gasteiger partial charge in [-0.3, -0.25) is 0 Å². The summed E-state index contributed by atoms with van der Waals surface area (Å²) in [6.07, 6.45) is 6.05. The molecule has 0 aliphatic rings. The molecular weight excluding hydrogens is 177 g/mol. The van der Waals surface area contributed by atoms with Gasteiger partial charge in [-0.05, 0) is 49.6 Å². The third-order valence-corrected chi connectivity index (χ3v) is 2.07. The largest absolute Gasteiger partial charge is 0.330 e. The molecule has 1 aromatic rings. The second-order valence-electron chi connectivity index (χ2n) is 3.34. The van der Waals surface area contributed by atoms with E-state index >= 15 is 0 Å². The normalized spacial score (nSPS) is 11.1. The van der Waals surface area contributed by atoms with Gasteiger partial charge in [-0.1, -0.05) is 18.2 Å². The van der Waals surface area contributed by atoms with Crippen molar-refractivity contribution in [1.82, 2.24) is 0 Å². The Labute approximate surface area is 84.4 Å². The highest BCUT2D eigenvalue weighted by atomic mass is 19.1. The van der Waals surface area contributed by atoms with Gasteiger partial charge in [0.1, 0.15) is 5.82 Å². The predicted octanol–water partition coefficient (Wildman–Crippen LogP) is 2.89. The zero-order chi connectivity index (χ0) is 10.4. The highest BCUT2D eigenvalue weighted by Crippen LogP contribution is 2.10. The molecule has 1 aromatic carbocycles. The number of aryl methyl sites for hydroxylation is 1. The fraction of sp³-hybridized carbons (Fsp3) is 0.333. The van der Waals surface area contributed by atoms with Crippen molar-refractivity contribution in [3.63, 3.8) is 0 Å². The number of allylic oxidation sites excluding steroid dienone is 1. The van der Waals surface area contributed by atoms with E-state index in [4.69, 9.17) is 5.73 Å². The molecule has 0 aliphatic carbocycles. The number of rotatable bonds is 4. The molecule has 76 valence electrons. The van der Waals surface area contributed by atoms with E-state index in [0.717, 1.165) is 18.4 Å². The minimum atomic E-state index is -0.149. The van der Waals surface area contributed by atoms with Crippen molar-refractivity contribution in [1.29, 1.82) is 0 Å². The van der Waals surface area contributed by atoms with Gasteiger partial charge in [-0.2, -0.15) is 0 Å². The summed E-state index contributed by atoms with van der Waals surface area (Å²) < 4.78 is 12.9. The fourth-order valence-electron chi connectivity index (χ4n) is 1.23. The van der Waals surface area contributed by atoms with Crippen molar-refractivity contribution < 1.29 is 4.39 Å². The summed E-state index contributed by atoms with van der Waals surface area (Å²) >= 11 is 0. The first-order chi connectivity index (χ1) is 6.74. The first kappa shape index (κ1) is 10.9. The maximum atomic E-state index is 12.9. The third kappa shape index (κ3) is 3.30. The quantitative estimate of drug-likeness (QED) is 0.731. The number of hydrogen-bond acceptors (Lipinski definition) is 1. The lowest BCUT2D eigenvalue weighted by atomic mass is 10.1. The first-order valence-electron chi connectivity index (χ1n) is 4.87. The average molecular weight is 193 g/mol. The molecule has 0 heterocycles. The van der Waals surface area contributed by atoms with Gasteiger partial charge in [-0.15, -0.1) is 0 Å². The van der Waals surface area contributed by atoms with Crippen LogP contribution in [0.3, 0.4) is 0 Å². The second-order valence-corrected chi connectivity index (χ2v) is 3.34. The van der Waals surface area contributed by atoms with Crippen molar-refractivity contribution in [2.75, 3.05) is 6.54 Å². The molecule has 1 nitrogen and oxygen atoms in total. The lowest BCUT2D eigenvalue weighted by Gasteiger charge is -1.97. The van der Waals surface area contributed by atoms with Crippen LogP contribution < -0.4 is 5.73 Å². The lowest BCUT2D eigenvalue weighted by molar-refractivity contribution is 0.618. The fourth-order valence-corrected chi connectivity index (χ4v) is 1.23. The van der Waals surface area contributed by atoms with Gasteiger partial charge in [0.15, 0.2) is 0 Å². The monoisotopic (exact) mass is 193 g/mol. The van der Waals surface area contributed by atoms with E-state index < -0.39 is 0 Å². The number of benzene rings is 1. The molecule has 0 saturated carbocycles. The van der Waals surface area contributed by atoms with Crippen LogP contribution in [0.4, 0.5) is 4.39 Å². The van der Waals surface area contributed by atoms with Gasteiger partial charge in [0, 0.05) is 0 Å². The highest BCUT2D eigenvalue weighted by molar-refractivity contribution is 5.50. The summed E-state index contributed by atoms with van der Waals surface area (Å²) in [7, 11) is 0. The molecule has 2 heteroatoms. The van der Waals surface area contributed by atoms with Gasteiger partial charge in [0.25, 0.3) is 0 Å². The first-order valence-corrected chi connectivity index (χ1v) is 4.87. The number of nitrogens with two attached hydrogens (primary N) is 1. The van der Waals surface area contributed by atoms with Crippen LogP contribution in [-0.4, -0.2) is 6.54 Å². The summed E-state index contributed by atoms with van der Waals surface area (Å²) in [5.74, 6) is -0.149. The van der Waals surface area contributed by atoms with Crippen LogP contribution >= 0.6 is 0 Å². The van der Waals surface area contributed by atoms with E-state index in [1.807, 2.05) is 12.1 Å². The van der Waals surface area contributed by atoms with Crippen LogP contribution in [0.15, 0.2) is 24.3 Å². The molecule has 0 aromatic heterocycles. The molecule has 0 saturated heterocycles. The minimum absolute atomic E-state index is 0.149.